The molecule has 108 valence electrons. The van der Waals surface area contributed by atoms with Crippen LogP contribution in [0.15, 0.2) is 18.2 Å². The molecule has 0 radical (unpaired) electrons. The number of nitrogen functional groups attached to an aromatic ring is 1. The van der Waals surface area contributed by atoms with Crippen molar-refractivity contribution in [3.05, 3.63) is 24.0 Å². The van der Waals surface area contributed by atoms with Crippen LogP contribution < -0.4 is 11.1 Å². The van der Waals surface area contributed by atoms with E-state index in [4.69, 9.17) is 5.73 Å². The van der Waals surface area contributed by atoms with Gasteiger partial charge in [-0.25, -0.2) is 4.98 Å². The molecular formula is C15H22N4O. The van der Waals surface area contributed by atoms with Crippen molar-refractivity contribution >= 4 is 22.6 Å². The van der Waals surface area contributed by atoms with Crippen LogP contribution in [0.3, 0.4) is 0 Å². The molecule has 2 aromatic rings. The topological polar surface area (TPSA) is 72.9 Å². The maximum absolute atomic E-state index is 12.1. The molecular weight excluding hydrogens is 252 g/mol. The quantitative estimate of drug-likeness (QED) is 0.820. The normalized spacial score (nSPS) is 12.6. The van der Waals surface area contributed by atoms with Gasteiger partial charge in [-0.2, -0.15) is 0 Å². The van der Waals surface area contributed by atoms with E-state index in [9.17, 15) is 4.79 Å². The Bertz CT molecular complexity index is 618. The lowest BCUT2D eigenvalue weighted by Gasteiger charge is -2.13. The Kier molecular flexibility index (Phi) is 4.27. The molecule has 3 N–H and O–H groups in total. The summed E-state index contributed by atoms with van der Waals surface area (Å²) in [5, 5.41) is 2.98. The Morgan fingerprint density at radius 1 is 1.45 bits per heavy atom. The van der Waals surface area contributed by atoms with Crippen molar-refractivity contribution in [3.63, 3.8) is 0 Å². The summed E-state index contributed by atoms with van der Waals surface area (Å²) in [6, 6.07) is 5.86. The molecule has 1 heterocycles. The van der Waals surface area contributed by atoms with Gasteiger partial charge in [0.15, 0.2) is 0 Å². The van der Waals surface area contributed by atoms with Crippen LogP contribution >= 0.6 is 0 Å². The smallest absolute Gasteiger partial charge is 0.240 e. The molecule has 0 saturated carbocycles. The van der Waals surface area contributed by atoms with E-state index in [1.165, 1.54) is 0 Å². The number of para-hydroxylation sites is 1. The largest absolute Gasteiger partial charge is 0.397 e. The standard InChI is InChI=1S/C15H22N4O/c1-4-10(3)17-14(20)9-19-12-8-6-7-11(16)15(12)18-13(19)5-2/h6-8,10H,4-5,9,16H2,1-3H3,(H,17,20). The number of imidazole rings is 1. The number of nitrogens with zero attached hydrogens (tertiary/aromatic N) is 2. The zero-order valence-corrected chi connectivity index (χ0v) is 12.3. The molecule has 5 heteroatoms. The first-order valence-electron chi connectivity index (χ1n) is 7.09. The third-order valence-electron chi connectivity index (χ3n) is 3.53. The fourth-order valence-electron chi connectivity index (χ4n) is 2.23. The Morgan fingerprint density at radius 3 is 2.85 bits per heavy atom. The average Bonchev–Trinajstić information content (AvgIpc) is 2.78. The summed E-state index contributed by atoms with van der Waals surface area (Å²) >= 11 is 0. The van der Waals surface area contributed by atoms with Gasteiger partial charge in [0.05, 0.1) is 11.2 Å². The van der Waals surface area contributed by atoms with Crippen molar-refractivity contribution in [2.75, 3.05) is 5.73 Å². The summed E-state index contributed by atoms with van der Waals surface area (Å²) in [5.41, 5.74) is 8.30. The molecule has 0 aliphatic carbocycles. The summed E-state index contributed by atoms with van der Waals surface area (Å²) in [5.74, 6) is 0.896. The van der Waals surface area contributed by atoms with Crippen molar-refractivity contribution in [2.24, 2.45) is 0 Å². The summed E-state index contributed by atoms with van der Waals surface area (Å²) in [4.78, 5) is 16.6. The minimum atomic E-state index is 0.00998. The summed E-state index contributed by atoms with van der Waals surface area (Å²) < 4.78 is 1.95. The number of hydrogen-bond donors (Lipinski definition) is 2. The zero-order valence-electron chi connectivity index (χ0n) is 12.3. The second-order valence-electron chi connectivity index (χ2n) is 5.06. The molecule has 0 aliphatic rings. The maximum atomic E-state index is 12.1. The minimum Gasteiger partial charge on any atom is -0.397 e. The molecule has 1 amide bonds. The minimum absolute atomic E-state index is 0.00998. The second-order valence-corrected chi connectivity index (χ2v) is 5.06. The molecule has 0 spiro atoms. The Balaban J connectivity index is 2.33. The van der Waals surface area contributed by atoms with Crippen molar-refractivity contribution in [1.29, 1.82) is 0 Å². The van der Waals surface area contributed by atoms with Gasteiger partial charge in [0, 0.05) is 12.5 Å². The van der Waals surface area contributed by atoms with E-state index >= 15 is 0 Å². The van der Waals surface area contributed by atoms with E-state index < -0.39 is 0 Å². The van der Waals surface area contributed by atoms with Crippen LogP contribution in [-0.4, -0.2) is 21.5 Å². The molecule has 0 bridgehead atoms. The Hall–Kier alpha value is -2.04. The predicted octanol–water partition coefficient (Wildman–Crippen LogP) is 2.10. The molecule has 5 nitrogen and oxygen atoms in total. The van der Waals surface area contributed by atoms with Crippen molar-refractivity contribution in [3.8, 4) is 0 Å². The number of carbonyl (C=O) groups excluding carboxylic acids is 1. The van der Waals surface area contributed by atoms with Gasteiger partial charge in [-0.3, -0.25) is 4.79 Å². The molecule has 2 rings (SSSR count). The van der Waals surface area contributed by atoms with Gasteiger partial charge in [-0.05, 0) is 25.5 Å². The molecule has 0 saturated heterocycles. The summed E-state index contributed by atoms with van der Waals surface area (Å²) in [6.07, 6.45) is 1.69. The van der Waals surface area contributed by atoms with E-state index in [0.717, 1.165) is 29.7 Å². The molecule has 1 aromatic carbocycles. The zero-order chi connectivity index (χ0) is 14.7. The number of carbonyl (C=O) groups is 1. The molecule has 0 aliphatic heterocycles. The number of aromatic nitrogens is 2. The van der Waals surface area contributed by atoms with Gasteiger partial charge in [0.2, 0.25) is 5.91 Å². The fourth-order valence-corrected chi connectivity index (χ4v) is 2.23. The van der Waals surface area contributed by atoms with Gasteiger partial charge in [0.1, 0.15) is 17.9 Å². The number of benzene rings is 1. The first-order valence-corrected chi connectivity index (χ1v) is 7.09. The van der Waals surface area contributed by atoms with Crippen LogP contribution in [0.4, 0.5) is 5.69 Å². The number of nitrogens with two attached hydrogens (primary N) is 1. The maximum Gasteiger partial charge on any atom is 0.240 e. The van der Waals surface area contributed by atoms with E-state index in [-0.39, 0.29) is 18.5 Å². The fraction of sp³-hybridized carbons (Fsp3) is 0.467. The van der Waals surface area contributed by atoms with E-state index in [0.29, 0.717) is 5.69 Å². The molecule has 20 heavy (non-hydrogen) atoms. The number of aryl methyl sites for hydroxylation is 1. The van der Waals surface area contributed by atoms with Crippen molar-refractivity contribution < 1.29 is 4.79 Å². The SMILES string of the molecule is CCc1nc2c(N)cccc2n1CC(=O)NC(C)CC. The van der Waals surface area contributed by atoms with Gasteiger partial charge in [-0.1, -0.05) is 19.9 Å². The van der Waals surface area contributed by atoms with E-state index in [2.05, 4.69) is 17.2 Å². The highest BCUT2D eigenvalue weighted by molar-refractivity contribution is 5.89. The highest BCUT2D eigenvalue weighted by atomic mass is 16.2. The molecule has 1 aromatic heterocycles. The lowest BCUT2D eigenvalue weighted by atomic mass is 10.2. The van der Waals surface area contributed by atoms with Crippen LogP contribution in [0, 0.1) is 0 Å². The highest BCUT2D eigenvalue weighted by Gasteiger charge is 2.14. The summed E-state index contributed by atoms with van der Waals surface area (Å²) in [6.45, 7) is 6.37. The number of hydrogen-bond acceptors (Lipinski definition) is 3. The Morgan fingerprint density at radius 2 is 2.20 bits per heavy atom. The van der Waals surface area contributed by atoms with Gasteiger partial charge >= 0.3 is 0 Å². The van der Waals surface area contributed by atoms with Crippen LogP contribution in [0.5, 0.6) is 0 Å². The van der Waals surface area contributed by atoms with E-state index in [1.807, 2.05) is 36.6 Å². The number of fused-ring (bicyclic) bond motifs is 1. The van der Waals surface area contributed by atoms with Crippen molar-refractivity contribution in [2.45, 2.75) is 46.2 Å². The first kappa shape index (κ1) is 14.4. The van der Waals surface area contributed by atoms with Crippen LogP contribution in [-0.2, 0) is 17.8 Å². The highest BCUT2D eigenvalue weighted by Crippen LogP contribution is 2.22. The van der Waals surface area contributed by atoms with Gasteiger partial charge < -0.3 is 15.6 Å². The second kappa shape index (κ2) is 5.94. The van der Waals surface area contributed by atoms with Crippen LogP contribution in [0.25, 0.3) is 11.0 Å². The molecule has 0 fully saturated rings. The first-order chi connectivity index (χ1) is 9.56. The van der Waals surface area contributed by atoms with Crippen molar-refractivity contribution in [1.82, 2.24) is 14.9 Å². The summed E-state index contributed by atoms with van der Waals surface area (Å²) in [7, 11) is 0. The van der Waals surface area contributed by atoms with E-state index in [1.54, 1.807) is 0 Å². The molecule has 1 atom stereocenters. The number of anilines is 1. The van der Waals surface area contributed by atoms with Gasteiger partial charge in [-0.15, -0.1) is 0 Å². The predicted molar refractivity (Wildman–Crippen MR) is 81.4 cm³/mol. The molecule has 1 unspecified atom stereocenters. The Labute approximate surface area is 119 Å². The van der Waals surface area contributed by atoms with Crippen LogP contribution in [0.2, 0.25) is 0 Å². The number of amides is 1. The number of nitrogens with one attached hydrogen (secondary N) is 1. The third-order valence-corrected chi connectivity index (χ3v) is 3.53. The average molecular weight is 274 g/mol. The monoisotopic (exact) mass is 274 g/mol. The number of rotatable bonds is 5. The lowest BCUT2D eigenvalue weighted by Crippen LogP contribution is -2.34. The third kappa shape index (κ3) is 2.76. The van der Waals surface area contributed by atoms with Crippen LogP contribution in [0.1, 0.15) is 33.0 Å². The van der Waals surface area contributed by atoms with Gasteiger partial charge in [0.25, 0.3) is 0 Å². The lowest BCUT2D eigenvalue weighted by molar-refractivity contribution is -0.122.